The van der Waals surface area contributed by atoms with Gasteiger partial charge in [-0.2, -0.15) is 4.98 Å². The summed E-state index contributed by atoms with van der Waals surface area (Å²) in [4.78, 5) is 4.52. The molecule has 2 rings (SSSR count). The molecule has 5 heteroatoms. The minimum Gasteiger partial charge on any atom is -0.373 e. The molecule has 0 bridgehead atoms. The Bertz CT molecular complexity index is 354. The van der Waals surface area contributed by atoms with Gasteiger partial charge in [-0.15, -0.1) is 0 Å². The maximum Gasteiger partial charge on any atom is 0.232 e. The normalized spacial score (nSPS) is 21.4. The molecule has 1 atom stereocenters. The fourth-order valence-corrected chi connectivity index (χ4v) is 2.26. The monoisotopic (exact) mass is 239 g/mol. The minimum atomic E-state index is -0.0576. The van der Waals surface area contributed by atoms with Crippen molar-refractivity contribution in [1.29, 1.82) is 0 Å². The van der Waals surface area contributed by atoms with Crippen molar-refractivity contribution in [3.8, 4) is 0 Å². The molecule has 0 radical (unpaired) electrons. The number of hydrogen-bond donors (Lipinski definition) is 1. The van der Waals surface area contributed by atoms with Gasteiger partial charge in [-0.3, -0.25) is 0 Å². The Morgan fingerprint density at radius 1 is 1.47 bits per heavy atom. The van der Waals surface area contributed by atoms with Gasteiger partial charge >= 0.3 is 0 Å². The van der Waals surface area contributed by atoms with Crippen LogP contribution in [0.2, 0.25) is 0 Å². The van der Waals surface area contributed by atoms with Crippen LogP contribution >= 0.6 is 0 Å². The molecule has 5 nitrogen and oxygen atoms in total. The predicted molar refractivity (Wildman–Crippen MR) is 63.8 cm³/mol. The van der Waals surface area contributed by atoms with Crippen LogP contribution in [0.1, 0.15) is 50.9 Å². The second-order valence-corrected chi connectivity index (χ2v) is 4.90. The molecule has 1 aliphatic heterocycles. The number of piperidine rings is 1. The molecule has 2 heterocycles. The van der Waals surface area contributed by atoms with Crippen LogP contribution in [0.4, 0.5) is 0 Å². The lowest BCUT2D eigenvalue weighted by Gasteiger charge is -2.30. The molecule has 1 aromatic heterocycles. The molecule has 0 spiro atoms. The Hall–Kier alpha value is -0.940. The van der Waals surface area contributed by atoms with Gasteiger partial charge in [0.05, 0.1) is 0 Å². The lowest BCUT2D eigenvalue weighted by Crippen LogP contribution is -2.37. The summed E-state index contributed by atoms with van der Waals surface area (Å²) in [5, 5.41) is 7.39. The Morgan fingerprint density at radius 2 is 2.18 bits per heavy atom. The van der Waals surface area contributed by atoms with E-state index in [9.17, 15) is 0 Å². The van der Waals surface area contributed by atoms with Crippen LogP contribution in [-0.4, -0.2) is 30.3 Å². The molecule has 0 amide bonds. The van der Waals surface area contributed by atoms with Crippen LogP contribution in [0.25, 0.3) is 0 Å². The quantitative estimate of drug-likeness (QED) is 0.868. The molecule has 0 saturated carbocycles. The van der Waals surface area contributed by atoms with Gasteiger partial charge < -0.3 is 14.6 Å². The summed E-state index contributed by atoms with van der Waals surface area (Å²) < 4.78 is 10.7. The molecule has 0 aromatic carbocycles. The number of aromatic nitrogens is 2. The van der Waals surface area contributed by atoms with Crippen molar-refractivity contribution in [2.45, 2.75) is 44.6 Å². The summed E-state index contributed by atoms with van der Waals surface area (Å²) >= 11 is 0. The van der Waals surface area contributed by atoms with E-state index in [0.717, 1.165) is 38.2 Å². The van der Waals surface area contributed by atoms with E-state index in [2.05, 4.69) is 29.3 Å². The second kappa shape index (κ2) is 5.14. The number of rotatable bonds is 4. The molecule has 1 unspecified atom stereocenters. The summed E-state index contributed by atoms with van der Waals surface area (Å²) in [6.07, 6.45) is 2.88. The number of hydrogen-bond acceptors (Lipinski definition) is 5. The molecule has 17 heavy (non-hydrogen) atoms. The fourth-order valence-electron chi connectivity index (χ4n) is 2.26. The molecule has 1 N–H and O–H groups in total. The zero-order valence-electron chi connectivity index (χ0n) is 10.8. The number of ether oxygens (including phenoxy) is 1. The first-order valence-electron chi connectivity index (χ1n) is 6.27. The summed E-state index contributed by atoms with van der Waals surface area (Å²) in [5.74, 6) is 1.43. The van der Waals surface area contributed by atoms with Gasteiger partial charge in [0.25, 0.3) is 0 Å². The highest BCUT2D eigenvalue weighted by Gasteiger charge is 2.35. The van der Waals surface area contributed by atoms with Crippen molar-refractivity contribution >= 4 is 0 Å². The second-order valence-electron chi connectivity index (χ2n) is 4.90. The third-order valence-corrected chi connectivity index (χ3v) is 3.61. The third kappa shape index (κ3) is 2.50. The summed E-state index contributed by atoms with van der Waals surface area (Å²) in [5.41, 5.74) is 0.0164. The van der Waals surface area contributed by atoms with Gasteiger partial charge in [0.15, 0.2) is 0 Å². The van der Waals surface area contributed by atoms with Crippen LogP contribution in [0, 0.1) is 0 Å². The Labute approximate surface area is 102 Å². The summed E-state index contributed by atoms with van der Waals surface area (Å²) in [6, 6.07) is 0. The summed E-state index contributed by atoms with van der Waals surface area (Å²) in [6.45, 7) is 6.26. The standard InChI is InChI=1S/C12H21N3O2/c1-4-9(16-3)10-14-11(17-15-10)12(2)5-7-13-8-6-12/h9,13H,4-8H2,1-3H3. The molecule has 1 aromatic rings. The highest BCUT2D eigenvalue weighted by molar-refractivity contribution is 5.06. The van der Waals surface area contributed by atoms with Crippen molar-refractivity contribution in [2.75, 3.05) is 20.2 Å². The topological polar surface area (TPSA) is 60.2 Å². The van der Waals surface area contributed by atoms with Crippen LogP contribution in [0.15, 0.2) is 4.52 Å². The number of methoxy groups -OCH3 is 1. The smallest absolute Gasteiger partial charge is 0.232 e. The molecular formula is C12H21N3O2. The zero-order valence-corrected chi connectivity index (χ0v) is 10.8. The Balaban J connectivity index is 2.16. The van der Waals surface area contributed by atoms with Gasteiger partial charge in [0, 0.05) is 12.5 Å². The number of nitrogens with one attached hydrogen (secondary N) is 1. The van der Waals surface area contributed by atoms with Crippen molar-refractivity contribution in [1.82, 2.24) is 15.5 Å². The largest absolute Gasteiger partial charge is 0.373 e. The first kappa shape index (κ1) is 12.5. The van der Waals surface area contributed by atoms with Crippen LogP contribution in [0.5, 0.6) is 0 Å². The van der Waals surface area contributed by atoms with Crippen LogP contribution in [0.3, 0.4) is 0 Å². The van der Waals surface area contributed by atoms with Gasteiger partial charge in [-0.25, -0.2) is 0 Å². The molecule has 1 aliphatic rings. The highest BCUT2D eigenvalue weighted by atomic mass is 16.5. The minimum absolute atomic E-state index is 0.0164. The SMILES string of the molecule is CCC(OC)c1noc(C2(C)CCNCC2)n1. The molecule has 1 saturated heterocycles. The predicted octanol–water partition coefficient (Wildman–Crippen LogP) is 1.81. The molecule has 0 aliphatic carbocycles. The fraction of sp³-hybridized carbons (Fsp3) is 0.833. The zero-order chi connectivity index (χ0) is 12.3. The van der Waals surface area contributed by atoms with Crippen molar-refractivity contribution in [3.63, 3.8) is 0 Å². The average Bonchev–Trinajstić information content (AvgIpc) is 2.82. The van der Waals surface area contributed by atoms with E-state index in [-0.39, 0.29) is 11.5 Å². The van der Waals surface area contributed by atoms with Crippen molar-refractivity contribution in [3.05, 3.63) is 11.7 Å². The van der Waals surface area contributed by atoms with E-state index in [1.54, 1.807) is 7.11 Å². The highest BCUT2D eigenvalue weighted by Crippen LogP contribution is 2.32. The Morgan fingerprint density at radius 3 is 2.76 bits per heavy atom. The maximum absolute atomic E-state index is 5.42. The van der Waals surface area contributed by atoms with Gasteiger partial charge in [0.2, 0.25) is 11.7 Å². The van der Waals surface area contributed by atoms with E-state index < -0.39 is 0 Å². The van der Waals surface area contributed by atoms with Crippen LogP contribution < -0.4 is 5.32 Å². The van der Waals surface area contributed by atoms with E-state index >= 15 is 0 Å². The van der Waals surface area contributed by atoms with Gasteiger partial charge in [-0.1, -0.05) is 19.0 Å². The lowest BCUT2D eigenvalue weighted by molar-refractivity contribution is 0.0903. The number of nitrogens with zero attached hydrogens (tertiary/aromatic N) is 2. The van der Waals surface area contributed by atoms with Crippen LogP contribution in [-0.2, 0) is 10.2 Å². The van der Waals surface area contributed by atoms with E-state index in [1.165, 1.54) is 0 Å². The Kier molecular flexibility index (Phi) is 3.79. The molecular weight excluding hydrogens is 218 g/mol. The first-order chi connectivity index (χ1) is 8.19. The van der Waals surface area contributed by atoms with Crippen molar-refractivity contribution in [2.24, 2.45) is 0 Å². The summed E-state index contributed by atoms with van der Waals surface area (Å²) in [7, 11) is 1.68. The van der Waals surface area contributed by atoms with Gasteiger partial charge in [-0.05, 0) is 32.4 Å². The van der Waals surface area contributed by atoms with E-state index in [1.807, 2.05) is 0 Å². The van der Waals surface area contributed by atoms with E-state index in [0.29, 0.717) is 5.82 Å². The maximum atomic E-state index is 5.42. The first-order valence-corrected chi connectivity index (χ1v) is 6.27. The lowest BCUT2D eigenvalue weighted by atomic mass is 9.81. The average molecular weight is 239 g/mol. The molecule has 1 fully saturated rings. The van der Waals surface area contributed by atoms with Crippen molar-refractivity contribution < 1.29 is 9.26 Å². The van der Waals surface area contributed by atoms with E-state index in [4.69, 9.17) is 9.26 Å². The molecule has 96 valence electrons. The third-order valence-electron chi connectivity index (χ3n) is 3.61. The van der Waals surface area contributed by atoms with Gasteiger partial charge in [0.1, 0.15) is 6.10 Å².